The van der Waals surface area contributed by atoms with Gasteiger partial charge in [-0.25, -0.2) is 4.39 Å². The second-order valence-electron chi connectivity index (χ2n) is 7.36. The average molecular weight is 381 g/mol. The lowest BCUT2D eigenvalue weighted by molar-refractivity contribution is -0.146. The smallest absolute Gasteiger partial charge is 0.308 e. The Morgan fingerprint density at radius 3 is 2.39 bits per heavy atom. The summed E-state index contributed by atoms with van der Waals surface area (Å²) in [7, 11) is 3.14. The van der Waals surface area contributed by atoms with Gasteiger partial charge in [0.25, 0.3) is 0 Å². The van der Waals surface area contributed by atoms with Crippen molar-refractivity contribution in [1.29, 1.82) is 0 Å². The number of nitrogens with zero attached hydrogens (tertiary/aromatic N) is 1. The number of carbonyl (C=O) groups is 1. The quantitative estimate of drug-likeness (QED) is 0.582. The first-order valence-electron chi connectivity index (χ1n) is 9.64. The summed E-state index contributed by atoms with van der Waals surface area (Å²) in [6.45, 7) is 0. The summed E-state index contributed by atoms with van der Waals surface area (Å²) in [4.78, 5) is 11.9. The van der Waals surface area contributed by atoms with E-state index in [1.54, 1.807) is 19.2 Å². The third-order valence-electron chi connectivity index (χ3n) is 5.85. The van der Waals surface area contributed by atoms with E-state index in [0.29, 0.717) is 5.92 Å². The van der Waals surface area contributed by atoms with Crippen LogP contribution < -0.4 is 4.74 Å². The molecular weight excluding hydrogens is 357 g/mol. The lowest BCUT2D eigenvalue weighted by atomic mass is 9.78. The zero-order valence-electron chi connectivity index (χ0n) is 16.2. The van der Waals surface area contributed by atoms with Gasteiger partial charge in [-0.3, -0.25) is 4.79 Å². The highest BCUT2D eigenvalue weighted by atomic mass is 19.1. The fraction of sp³-hybridized carbons (Fsp3) is 0.348. The van der Waals surface area contributed by atoms with E-state index in [-0.39, 0.29) is 17.7 Å². The van der Waals surface area contributed by atoms with Crippen LogP contribution in [-0.4, -0.2) is 24.8 Å². The molecule has 4 rings (SSSR count). The molecule has 5 heteroatoms. The molecule has 1 aromatic heterocycles. The van der Waals surface area contributed by atoms with E-state index in [0.717, 1.165) is 48.0 Å². The number of halogens is 1. The molecule has 2 aromatic carbocycles. The van der Waals surface area contributed by atoms with Crippen LogP contribution in [0.3, 0.4) is 0 Å². The molecule has 1 saturated carbocycles. The molecule has 0 aliphatic heterocycles. The average Bonchev–Trinajstić information content (AvgIpc) is 3.13. The summed E-state index contributed by atoms with van der Waals surface area (Å²) in [6.07, 6.45) is 5.66. The topological polar surface area (TPSA) is 40.5 Å². The number of aromatic nitrogens is 1. The van der Waals surface area contributed by atoms with Gasteiger partial charge >= 0.3 is 5.97 Å². The van der Waals surface area contributed by atoms with Crippen molar-refractivity contribution in [2.45, 2.75) is 31.6 Å². The summed E-state index contributed by atoms with van der Waals surface area (Å²) < 4.78 is 26.1. The molecule has 0 saturated heterocycles. The van der Waals surface area contributed by atoms with Crippen molar-refractivity contribution in [2.75, 3.05) is 14.2 Å². The van der Waals surface area contributed by atoms with Gasteiger partial charge in [-0.15, -0.1) is 0 Å². The molecule has 28 heavy (non-hydrogen) atoms. The molecule has 0 bridgehead atoms. The van der Waals surface area contributed by atoms with Gasteiger partial charge < -0.3 is 14.0 Å². The first kappa shape index (κ1) is 18.5. The summed E-state index contributed by atoms with van der Waals surface area (Å²) in [5, 5.41) is 1.09. The molecule has 3 aromatic rings. The Morgan fingerprint density at radius 1 is 1.04 bits per heavy atom. The molecule has 0 unspecified atom stereocenters. The van der Waals surface area contributed by atoms with E-state index in [1.165, 1.54) is 24.8 Å². The first-order valence-corrected chi connectivity index (χ1v) is 9.64. The van der Waals surface area contributed by atoms with Crippen LogP contribution in [0.1, 0.15) is 37.2 Å². The Bertz CT molecular complexity index is 985. The predicted molar refractivity (Wildman–Crippen MR) is 107 cm³/mol. The zero-order chi connectivity index (χ0) is 19.7. The third-order valence-corrected chi connectivity index (χ3v) is 5.85. The number of ether oxygens (including phenoxy) is 2. The Morgan fingerprint density at radius 2 is 1.75 bits per heavy atom. The number of esters is 1. The molecule has 0 spiro atoms. The number of methoxy groups -OCH3 is 2. The normalized spacial score (nSPS) is 19.5. The van der Waals surface area contributed by atoms with E-state index in [4.69, 9.17) is 9.47 Å². The maximum Gasteiger partial charge on any atom is 0.308 e. The van der Waals surface area contributed by atoms with Gasteiger partial charge in [-0.2, -0.15) is 0 Å². The number of rotatable bonds is 4. The SMILES string of the molecule is COC(=O)C1CCC(c2cn(-c3ccc(F)cc3)c3cccc(OC)c23)CC1. The molecule has 146 valence electrons. The minimum atomic E-state index is -0.251. The van der Waals surface area contributed by atoms with Gasteiger partial charge in [0.2, 0.25) is 0 Å². The van der Waals surface area contributed by atoms with E-state index in [2.05, 4.69) is 16.8 Å². The molecule has 4 nitrogen and oxygen atoms in total. The van der Waals surface area contributed by atoms with Gasteiger partial charge in [-0.1, -0.05) is 6.07 Å². The van der Waals surface area contributed by atoms with Crippen LogP contribution in [0.4, 0.5) is 4.39 Å². The summed E-state index contributed by atoms with van der Waals surface area (Å²) in [5.41, 5.74) is 3.17. The van der Waals surface area contributed by atoms with Crippen molar-refractivity contribution >= 4 is 16.9 Å². The molecule has 0 amide bonds. The van der Waals surface area contributed by atoms with Crippen molar-refractivity contribution in [3.63, 3.8) is 0 Å². The highest BCUT2D eigenvalue weighted by Gasteiger charge is 2.30. The number of benzene rings is 2. The van der Waals surface area contributed by atoms with E-state index in [9.17, 15) is 9.18 Å². The second-order valence-corrected chi connectivity index (χ2v) is 7.36. The standard InChI is InChI=1S/C23H24FNO3/c1-27-21-5-3-4-20-22(21)19(14-25(20)18-12-10-17(24)11-13-18)15-6-8-16(9-7-15)23(26)28-2/h3-5,10-16H,6-9H2,1-2H3. The maximum absolute atomic E-state index is 13.4. The Kier molecular flexibility index (Phi) is 5.07. The lowest BCUT2D eigenvalue weighted by Gasteiger charge is -2.27. The monoisotopic (exact) mass is 381 g/mol. The molecule has 1 aliphatic rings. The summed E-state index contributed by atoms with van der Waals surface area (Å²) >= 11 is 0. The van der Waals surface area contributed by atoms with Crippen LogP contribution in [0.15, 0.2) is 48.7 Å². The van der Waals surface area contributed by atoms with E-state index < -0.39 is 0 Å². The highest BCUT2D eigenvalue weighted by Crippen LogP contribution is 2.43. The van der Waals surface area contributed by atoms with Crippen LogP contribution in [0.5, 0.6) is 5.75 Å². The van der Waals surface area contributed by atoms with Crippen molar-refractivity contribution in [2.24, 2.45) is 5.92 Å². The van der Waals surface area contributed by atoms with Crippen molar-refractivity contribution in [3.8, 4) is 11.4 Å². The molecule has 1 aliphatic carbocycles. The summed E-state index contributed by atoms with van der Waals surface area (Å²) in [6, 6.07) is 12.5. The van der Waals surface area contributed by atoms with Gasteiger partial charge in [-0.05, 0) is 73.6 Å². The van der Waals surface area contributed by atoms with E-state index in [1.807, 2.05) is 12.1 Å². The number of hydrogen-bond acceptors (Lipinski definition) is 3. The Hall–Kier alpha value is -2.82. The molecule has 0 radical (unpaired) electrons. The lowest BCUT2D eigenvalue weighted by Crippen LogP contribution is -2.22. The predicted octanol–water partition coefficient (Wildman–Crippen LogP) is 5.23. The fourth-order valence-electron chi connectivity index (χ4n) is 4.39. The molecule has 0 atom stereocenters. The first-order chi connectivity index (χ1) is 13.6. The van der Waals surface area contributed by atoms with E-state index >= 15 is 0 Å². The minimum absolute atomic E-state index is 0.00593. The summed E-state index contributed by atoms with van der Waals surface area (Å²) in [5.74, 6) is 0.822. The fourth-order valence-corrected chi connectivity index (χ4v) is 4.39. The molecule has 1 fully saturated rings. The van der Waals surface area contributed by atoms with Crippen LogP contribution in [-0.2, 0) is 9.53 Å². The van der Waals surface area contributed by atoms with Gasteiger partial charge in [0.15, 0.2) is 0 Å². The van der Waals surface area contributed by atoms with Gasteiger partial charge in [0.05, 0.1) is 25.7 Å². The molecule has 1 heterocycles. The second kappa shape index (κ2) is 7.66. The van der Waals surface area contributed by atoms with Crippen molar-refractivity contribution in [1.82, 2.24) is 4.57 Å². The molecular formula is C23H24FNO3. The van der Waals surface area contributed by atoms with Crippen LogP contribution >= 0.6 is 0 Å². The van der Waals surface area contributed by atoms with Crippen LogP contribution in [0.2, 0.25) is 0 Å². The largest absolute Gasteiger partial charge is 0.496 e. The minimum Gasteiger partial charge on any atom is -0.496 e. The highest BCUT2D eigenvalue weighted by molar-refractivity contribution is 5.92. The maximum atomic E-state index is 13.4. The van der Waals surface area contributed by atoms with Crippen LogP contribution in [0, 0.1) is 11.7 Å². The third kappa shape index (κ3) is 3.26. The van der Waals surface area contributed by atoms with Crippen molar-refractivity contribution in [3.05, 3.63) is 60.0 Å². The zero-order valence-corrected chi connectivity index (χ0v) is 16.2. The van der Waals surface area contributed by atoms with Gasteiger partial charge in [0.1, 0.15) is 11.6 Å². The Labute approximate surface area is 163 Å². The molecule has 0 N–H and O–H groups in total. The van der Waals surface area contributed by atoms with Crippen LogP contribution in [0.25, 0.3) is 16.6 Å². The number of fused-ring (bicyclic) bond motifs is 1. The van der Waals surface area contributed by atoms with Crippen molar-refractivity contribution < 1.29 is 18.7 Å². The number of hydrogen-bond donors (Lipinski definition) is 0. The Balaban J connectivity index is 1.76. The van der Waals surface area contributed by atoms with Gasteiger partial charge in [0, 0.05) is 17.3 Å². The number of carbonyl (C=O) groups excluding carboxylic acids is 1.